The molecular formula is C9H12FNOS. The summed E-state index contributed by atoms with van der Waals surface area (Å²) in [7, 11) is 0. The third-order valence-corrected chi connectivity index (χ3v) is 3.97. The minimum atomic E-state index is -0.872. The Morgan fingerprint density at radius 1 is 1.62 bits per heavy atom. The Labute approximate surface area is 81.0 Å². The van der Waals surface area contributed by atoms with Gasteiger partial charge in [-0.2, -0.15) is 0 Å². The van der Waals surface area contributed by atoms with E-state index in [4.69, 9.17) is 0 Å². The normalized spacial score (nSPS) is 39.6. The van der Waals surface area contributed by atoms with Crippen LogP contribution in [0.3, 0.4) is 0 Å². The van der Waals surface area contributed by atoms with Crippen LogP contribution in [-0.2, 0) is 4.79 Å². The van der Waals surface area contributed by atoms with Crippen molar-refractivity contribution in [1.82, 2.24) is 5.32 Å². The summed E-state index contributed by atoms with van der Waals surface area (Å²) < 4.78 is 13.2. The SMILES string of the molecule is C=C1CC2NC(=O)CSC2CC1F. The third-order valence-electron chi connectivity index (χ3n) is 2.59. The van der Waals surface area contributed by atoms with Crippen LogP contribution >= 0.6 is 11.8 Å². The molecule has 1 saturated carbocycles. The van der Waals surface area contributed by atoms with Crippen molar-refractivity contribution >= 4 is 17.7 Å². The second-order valence-corrected chi connectivity index (χ2v) is 4.82. The fourth-order valence-electron chi connectivity index (χ4n) is 1.84. The first-order valence-corrected chi connectivity index (χ1v) is 5.44. The van der Waals surface area contributed by atoms with Gasteiger partial charge >= 0.3 is 0 Å². The number of rotatable bonds is 0. The van der Waals surface area contributed by atoms with Gasteiger partial charge in [-0.05, 0) is 18.4 Å². The largest absolute Gasteiger partial charge is 0.351 e. The van der Waals surface area contributed by atoms with Gasteiger partial charge in [0.2, 0.25) is 5.91 Å². The van der Waals surface area contributed by atoms with Crippen molar-refractivity contribution in [3.8, 4) is 0 Å². The minimum absolute atomic E-state index is 0.0661. The van der Waals surface area contributed by atoms with Gasteiger partial charge in [0.25, 0.3) is 0 Å². The fraction of sp³-hybridized carbons (Fsp3) is 0.667. The molecule has 0 aromatic rings. The van der Waals surface area contributed by atoms with Gasteiger partial charge in [-0.3, -0.25) is 4.79 Å². The molecule has 2 fully saturated rings. The van der Waals surface area contributed by atoms with Crippen LogP contribution in [0.15, 0.2) is 12.2 Å². The van der Waals surface area contributed by atoms with E-state index in [0.717, 1.165) is 0 Å². The first-order chi connectivity index (χ1) is 6.16. The van der Waals surface area contributed by atoms with Gasteiger partial charge < -0.3 is 5.32 Å². The number of halogens is 1. The van der Waals surface area contributed by atoms with Gasteiger partial charge in [-0.1, -0.05) is 6.58 Å². The van der Waals surface area contributed by atoms with Crippen LogP contribution in [0, 0.1) is 0 Å². The van der Waals surface area contributed by atoms with Gasteiger partial charge in [-0.25, -0.2) is 4.39 Å². The molecule has 1 heterocycles. The van der Waals surface area contributed by atoms with Crippen molar-refractivity contribution in [2.45, 2.75) is 30.3 Å². The lowest BCUT2D eigenvalue weighted by Crippen LogP contribution is -2.51. The molecule has 72 valence electrons. The Kier molecular flexibility index (Phi) is 2.32. The highest BCUT2D eigenvalue weighted by molar-refractivity contribution is 8.00. The number of thioether (sulfide) groups is 1. The number of hydrogen-bond acceptors (Lipinski definition) is 2. The monoisotopic (exact) mass is 201 g/mol. The van der Waals surface area contributed by atoms with E-state index < -0.39 is 6.17 Å². The Morgan fingerprint density at radius 2 is 2.38 bits per heavy atom. The van der Waals surface area contributed by atoms with Crippen LogP contribution in [0.4, 0.5) is 4.39 Å². The number of hydrogen-bond donors (Lipinski definition) is 1. The molecule has 2 nitrogen and oxygen atoms in total. The molecule has 0 bridgehead atoms. The number of alkyl halides is 1. The molecule has 1 N–H and O–H groups in total. The molecule has 3 atom stereocenters. The lowest BCUT2D eigenvalue weighted by Gasteiger charge is -2.37. The van der Waals surface area contributed by atoms with Gasteiger partial charge in [0, 0.05) is 11.3 Å². The zero-order valence-electron chi connectivity index (χ0n) is 7.25. The molecule has 4 heteroatoms. The van der Waals surface area contributed by atoms with E-state index in [-0.39, 0.29) is 17.2 Å². The smallest absolute Gasteiger partial charge is 0.230 e. The van der Waals surface area contributed by atoms with Gasteiger partial charge in [0.15, 0.2) is 0 Å². The van der Waals surface area contributed by atoms with E-state index in [9.17, 15) is 9.18 Å². The summed E-state index contributed by atoms with van der Waals surface area (Å²) in [5, 5.41) is 3.13. The summed E-state index contributed by atoms with van der Waals surface area (Å²) in [4.78, 5) is 11.1. The predicted molar refractivity (Wildman–Crippen MR) is 51.4 cm³/mol. The van der Waals surface area contributed by atoms with Gasteiger partial charge in [0.05, 0.1) is 5.75 Å². The van der Waals surface area contributed by atoms with Crippen LogP contribution in [-0.4, -0.2) is 29.1 Å². The number of carbonyl (C=O) groups excluding carboxylic acids is 1. The van der Waals surface area contributed by atoms with E-state index in [0.29, 0.717) is 24.2 Å². The molecule has 1 aliphatic carbocycles. The van der Waals surface area contributed by atoms with Crippen molar-refractivity contribution in [3.63, 3.8) is 0 Å². The molecule has 2 rings (SSSR count). The molecular weight excluding hydrogens is 189 g/mol. The molecule has 1 aliphatic heterocycles. The van der Waals surface area contributed by atoms with Gasteiger partial charge in [-0.15, -0.1) is 11.8 Å². The highest BCUT2D eigenvalue weighted by atomic mass is 32.2. The van der Waals surface area contributed by atoms with Crippen molar-refractivity contribution in [2.75, 3.05) is 5.75 Å². The van der Waals surface area contributed by atoms with Gasteiger partial charge in [0.1, 0.15) is 6.17 Å². The van der Waals surface area contributed by atoms with Crippen LogP contribution < -0.4 is 5.32 Å². The lowest BCUT2D eigenvalue weighted by molar-refractivity contribution is -0.119. The Bertz CT molecular complexity index is 256. The maximum Gasteiger partial charge on any atom is 0.230 e. The maximum atomic E-state index is 13.2. The molecule has 0 spiro atoms. The quantitative estimate of drug-likeness (QED) is 0.598. The van der Waals surface area contributed by atoms with E-state index in [1.807, 2.05) is 0 Å². The highest BCUT2D eigenvalue weighted by Gasteiger charge is 2.36. The topological polar surface area (TPSA) is 29.1 Å². The fourth-order valence-corrected chi connectivity index (χ4v) is 2.99. The van der Waals surface area contributed by atoms with Crippen LogP contribution in [0.1, 0.15) is 12.8 Å². The second kappa shape index (κ2) is 3.33. The summed E-state index contributed by atoms with van der Waals surface area (Å²) >= 11 is 1.57. The lowest BCUT2D eigenvalue weighted by atomic mass is 9.89. The van der Waals surface area contributed by atoms with Crippen molar-refractivity contribution in [1.29, 1.82) is 0 Å². The molecule has 0 aromatic heterocycles. The highest BCUT2D eigenvalue weighted by Crippen LogP contribution is 2.35. The molecule has 1 saturated heterocycles. The standard InChI is InChI=1S/C9H12FNOS/c1-5-2-7-8(3-6(5)10)13-4-9(12)11-7/h6-8H,1-4H2,(H,11,12). The van der Waals surface area contributed by atoms with E-state index >= 15 is 0 Å². The molecule has 0 radical (unpaired) electrons. The zero-order valence-corrected chi connectivity index (χ0v) is 8.07. The molecule has 1 amide bonds. The minimum Gasteiger partial charge on any atom is -0.351 e. The summed E-state index contributed by atoms with van der Waals surface area (Å²) in [5.74, 6) is 0.539. The number of nitrogens with one attached hydrogen (secondary N) is 1. The molecule has 0 aromatic carbocycles. The molecule has 13 heavy (non-hydrogen) atoms. The van der Waals surface area contributed by atoms with E-state index in [1.165, 1.54) is 0 Å². The Hall–Kier alpha value is -0.510. The van der Waals surface area contributed by atoms with Crippen molar-refractivity contribution in [3.05, 3.63) is 12.2 Å². The summed E-state index contributed by atoms with van der Waals surface area (Å²) in [6.07, 6.45) is 0.239. The third kappa shape index (κ3) is 1.73. The zero-order chi connectivity index (χ0) is 9.42. The molecule has 2 aliphatic rings. The summed E-state index contributed by atoms with van der Waals surface area (Å²) in [6.45, 7) is 3.68. The van der Waals surface area contributed by atoms with Crippen molar-refractivity contribution in [2.24, 2.45) is 0 Å². The number of fused-ring (bicyclic) bond motifs is 1. The van der Waals surface area contributed by atoms with E-state index in [1.54, 1.807) is 11.8 Å². The first-order valence-electron chi connectivity index (χ1n) is 4.39. The Balaban J connectivity index is 2.06. The first kappa shape index (κ1) is 9.06. The average Bonchev–Trinajstić information content (AvgIpc) is 2.08. The van der Waals surface area contributed by atoms with E-state index in [2.05, 4.69) is 11.9 Å². The average molecular weight is 201 g/mol. The molecule has 3 unspecified atom stereocenters. The maximum absolute atomic E-state index is 13.2. The second-order valence-electron chi connectivity index (χ2n) is 3.59. The van der Waals surface area contributed by atoms with Crippen LogP contribution in [0.5, 0.6) is 0 Å². The summed E-state index contributed by atoms with van der Waals surface area (Å²) in [6, 6.07) is 0.116. The van der Waals surface area contributed by atoms with Crippen LogP contribution in [0.2, 0.25) is 0 Å². The summed E-state index contributed by atoms with van der Waals surface area (Å²) in [5.41, 5.74) is 0.629. The van der Waals surface area contributed by atoms with Crippen LogP contribution in [0.25, 0.3) is 0 Å². The predicted octanol–water partition coefficient (Wildman–Crippen LogP) is 1.27. The number of carbonyl (C=O) groups is 1. The van der Waals surface area contributed by atoms with Crippen molar-refractivity contribution < 1.29 is 9.18 Å². The Morgan fingerprint density at radius 3 is 3.15 bits per heavy atom. The number of amides is 1.